The Labute approximate surface area is 339 Å². The third kappa shape index (κ3) is 22.2. The van der Waals surface area contributed by atoms with Crippen molar-refractivity contribution in [3.05, 3.63) is 24.3 Å². The average molecular weight is 783 g/mol. The maximum absolute atomic E-state index is 12.2. The van der Waals surface area contributed by atoms with Crippen molar-refractivity contribution in [1.29, 1.82) is 0 Å². The first kappa shape index (κ1) is 50.4. The topological polar surface area (TPSA) is 134 Å². The molecule has 2 saturated heterocycles. The lowest BCUT2D eigenvalue weighted by Gasteiger charge is -2.23. The van der Waals surface area contributed by atoms with Gasteiger partial charge in [0.2, 0.25) is 11.8 Å². The van der Waals surface area contributed by atoms with Crippen LogP contribution in [0.5, 0.6) is 0 Å². The number of esters is 2. The van der Waals surface area contributed by atoms with Gasteiger partial charge in [0.25, 0.3) is 0 Å². The van der Waals surface area contributed by atoms with Crippen LogP contribution in [0, 0.1) is 35.5 Å². The normalized spacial score (nSPS) is 18.8. The predicted octanol–water partition coefficient (Wildman–Crippen LogP) is 7.70. The number of carbonyl (C=O) groups excluding carboxylic acids is 4. The lowest BCUT2D eigenvalue weighted by molar-refractivity contribution is -0.141. The number of likely N-dealkylation sites (tertiary alicyclic amines) is 2. The van der Waals surface area contributed by atoms with Crippen molar-refractivity contribution in [3.8, 4) is 23.7 Å². The quantitative estimate of drug-likeness (QED) is 0.0441. The summed E-state index contributed by atoms with van der Waals surface area (Å²) in [5.74, 6) is 12.7. The first-order valence-electron chi connectivity index (χ1n) is 21.4. The highest BCUT2D eigenvalue weighted by molar-refractivity contribution is 5.79. The van der Waals surface area contributed by atoms with Crippen LogP contribution in [0.1, 0.15) is 156 Å². The molecule has 0 spiro atoms. The van der Waals surface area contributed by atoms with Gasteiger partial charge in [-0.2, -0.15) is 0 Å². The molecule has 0 aromatic heterocycles. The van der Waals surface area contributed by atoms with E-state index in [9.17, 15) is 29.4 Å². The highest BCUT2D eigenvalue weighted by Crippen LogP contribution is 2.23. The van der Waals surface area contributed by atoms with E-state index in [1.54, 1.807) is 0 Å². The lowest BCUT2D eigenvalue weighted by Crippen LogP contribution is -2.33. The molecule has 0 saturated carbocycles. The number of hydrogen-bond donors (Lipinski definition) is 2. The van der Waals surface area contributed by atoms with Crippen LogP contribution in [0.3, 0.4) is 0 Å². The molecule has 2 fully saturated rings. The van der Waals surface area contributed by atoms with E-state index in [2.05, 4.69) is 47.0 Å². The average Bonchev–Trinajstić information content (AvgIpc) is 3.74. The summed E-state index contributed by atoms with van der Waals surface area (Å²) in [5, 5.41) is 20.7. The number of nitrogens with zero attached hydrogens (tertiary/aromatic N) is 2. The molecule has 2 N–H and O–H groups in total. The number of rotatable bonds is 24. The smallest absolute Gasteiger partial charge is 0.305 e. The SMILES string of the molecule is CCCC#CCC(C)[C@@H](O)/C=C/[C@H]1CCC(=O)N1CCCCCCC(=O)OC.CCCC#CCC(C)[C@H](O)/C=C/[C@H]1CCC(=O)N1CCCCCCC(=O)OC. The molecule has 2 unspecified atom stereocenters. The molecule has 10 nitrogen and oxygen atoms in total. The van der Waals surface area contributed by atoms with Gasteiger partial charge in [-0.05, 0) is 63.2 Å². The number of hydrogen-bond acceptors (Lipinski definition) is 8. The van der Waals surface area contributed by atoms with E-state index in [0.29, 0.717) is 38.5 Å². The summed E-state index contributed by atoms with van der Waals surface area (Å²) >= 11 is 0. The minimum Gasteiger partial charge on any atom is -0.469 e. The van der Waals surface area contributed by atoms with Crippen molar-refractivity contribution in [3.63, 3.8) is 0 Å². The summed E-state index contributed by atoms with van der Waals surface area (Å²) in [4.78, 5) is 50.4. The molecule has 56 heavy (non-hydrogen) atoms. The Morgan fingerprint density at radius 3 is 1.39 bits per heavy atom. The zero-order valence-electron chi connectivity index (χ0n) is 35.6. The second-order valence-corrected chi connectivity index (χ2v) is 15.2. The fraction of sp³-hybridized carbons (Fsp3) is 0.739. The molecular formula is C46H74N2O8. The number of aliphatic hydroxyl groups is 2. The Morgan fingerprint density at radius 1 is 0.661 bits per heavy atom. The van der Waals surface area contributed by atoms with Crippen molar-refractivity contribution < 1.29 is 38.9 Å². The Kier molecular flexibility index (Phi) is 28.3. The van der Waals surface area contributed by atoms with Gasteiger partial charge < -0.3 is 29.5 Å². The van der Waals surface area contributed by atoms with Crippen molar-refractivity contribution in [2.45, 2.75) is 180 Å². The van der Waals surface area contributed by atoms with Crippen molar-refractivity contribution in [2.24, 2.45) is 11.8 Å². The van der Waals surface area contributed by atoms with Gasteiger partial charge in [0.15, 0.2) is 0 Å². The first-order chi connectivity index (χ1) is 27.0. The maximum atomic E-state index is 12.2. The number of unbranched alkanes of at least 4 members (excludes halogenated alkanes) is 8. The van der Waals surface area contributed by atoms with Gasteiger partial charge in [0.05, 0.1) is 38.5 Å². The third-order valence-electron chi connectivity index (χ3n) is 10.3. The summed E-state index contributed by atoms with van der Waals surface area (Å²) in [6, 6.07) is 0.159. The van der Waals surface area contributed by atoms with Gasteiger partial charge in [-0.3, -0.25) is 19.2 Å². The minimum atomic E-state index is -0.535. The van der Waals surface area contributed by atoms with E-state index in [1.807, 2.05) is 48.0 Å². The summed E-state index contributed by atoms with van der Waals surface area (Å²) in [6.45, 7) is 9.68. The van der Waals surface area contributed by atoms with Crippen LogP contribution in [0.25, 0.3) is 0 Å². The molecule has 0 aromatic carbocycles. The van der Waals surface area contributed by atoms with Gasteiger partial charge in [0, 0.05) is 64.5 Å². The summed E-state index contributed by atoms with van der Waals surface area (Å²) in [7, 11) is 2.82. The van der Waals surface area contributed by atoms with Crippen LogP contribution in [-0.2, 0) is 28.7 Å². The fourth-order valence-corrected chi connectivity index (χ4v) is 6.51. The molecule has 2 heterocycles. The Morgan fingerprint density at radius 2 is 1.04 bits per heavy atom. The zero-order valence-corrected chi connectivity index (χ0v) is 35.6. The lowest BCUT2D eigenvalue weighted by atomic mass is 9.99. The van der Waals surface area contributed by atoms with Gasteiger partial charge in [0.1, 0.15) is 0 Å². The van der Waals surface area contributed by atoms with E-state index in [4.69, 9.17) is 0 Å². The first-order valence-corrected chi connectivity index (χ1v) is 21.4. The van der Waals surface area contributed by atoms with Crippen LogP contribution in [0.4, 0.5) is 0 Å². The molecule has 10 heteroatoms. The molecule has 0 aromatic rings. The number of aliphatic hydroxyl groups excluding tert-OH is 2. The van der Waals surface area contributed by atoms with Crippen molar-refractivity contribution in [1.82, 2.24) is 9.80 Å². The molecule has 0 bridgehead atoms. The Hall–Kier alpha value is -3.60. The van der Waals surface area contributed by atoms with Gasteiger partial charge in [-0.1, -0.05) is 77.7 Å². The Bertz CT molecular complexity index is 1220. The minimum absolute atomic E-state index is 0.0793. The van der Waals surface area contributed by atoms with Gasteiger partial charge >= 0.3 is 11.9 Å². The largest absolute Gasteiger partial charge is 0.469 e. The van der Waals surface area contributed by atoms with E-state index < -0.39 is 12.2 Å². The van der Waals surface area contributed by atoms with Crippen LogP contribution >= 0.6 is 0 Å². The third-order valence-corrected chi connectivity index (χ3v) is 10.3. The van der Waals surface area contributed by atoms with E-state index in [1.165, 1.54) is 14.2 Å². The van der Waals surface area contributed by atoms with E-state index in [0.717, 1.165) is 103 Å². The number of amides is 2. The zero-order chi connectivity index (χ0) is 41.6. The highest BCUT2D eigenvalue weighted by Gasteiger charge is 2.30. The fourth-order valence-electron chi connectivity index (χ4n) is 6.51. The number of carbonyl (C=O) groups is 4. The van der Waals surface area contributed by atoms with Gasteiger partial charge in [-0.25, -0.2) is 0 Å². The van der Waals surface area contributed by atoms with E-state index >= 15 is 0 Å². The second kappa shape index (κ2) is 31.5. The summed E-state index contributed by atoms with van der Waals surface area (Å²) in [5.41, 5.74) is 0. The molecule has 2 aliphatic rings. The van der Waals surface area contributed by atoms with Crippen molar-refractivity contribution in [2.75, 3.05) is 27.3 Å². The van der Waals surface area contributed by atoms with Crippen molar-refractivity contribution >= 4 is 23.8 Å². The van der Waals surface area contributed by atoms with Crippen LogP contribution in [-0.4, -0.2) is 95.4 Å². The summed E-state index contributed by atoms with van der Waals surface area (Å²) in [6.07, 6.45) is 23.0. The molecule has 2 aliphatic heterocycles. The number of methoxy groups -OCH3 is 2. The molecule has 2 amide bonds. The summed E-state index contributed by atoms with van der Waals surface area (Å²) < 4.78 is 9.27. The molecule has 0 aliphatic carbocycles. The molecule has 2 rings (SSSR count). The molecule has 316 valence electrons. The van der Waals surface area contributed by atoms with Gasteiger partial charge in [-0.15, -0.1) is 23.7 Å². The van der Waals surface area contributed by atoms with Crippen LogP contribution in [0.2, 0.25) is 0 Å². The monoisotopic (exact) mass is 783 g/mol. The number of ether oxygens (including phenoxy) is 2. The van der Waals surface area contributed by atoms with E-state index in [-0.39, 0.29) is 47.7 Å². The maximum Gasteiger partial charge on any atom is 0.305 e. The molecule has 0 radical (unpaired) electrons. The molecule has 6 atom stereocenters. The Balaban J connectivity index is 0.000000560. The van der Waals surface area contributed by atoms with Crippen LogP contribution < -0.4 is 0 Å². The predicted molar refractivity (Wildman–Crippen MR) is 223 cm³/mol. The highest BCUT2D eigenvalue weighted by atomic mass is 16.5. The standard InChI is InChI=1S/2C23H37NO4/c2*1-4-5-6-9-12-19(2)21(25)16-14-20-15-17-22(26)24(20)18-11-8-7-10-13-23(27)28-3/h2*14,16,19-21,25H,4-5,7-8,10-13,15,17-18H2,1-3H3/b2*16-14+/t19?,20-,21+;19?,20-,21-/m00/s1. The van der Waals surface area contributed by atoms with Crippen LogP contribution in [0.15, 0.2) is 24.3 Å². The second-order valence-electron chi connectivity index (χ2n) is 15.2. The molecular weight excluding hydrogens is 709 g/mol.